The average molecular weight is 276 g/mol. The Labute approximate surface area is 115 Å². The minimum absolute atomic E-state index is 0.218. The molecule has 2 aromatic rings. The second kappa shape index (κ2) is 6.10. The van der Waals surface area contributed by atoms with Crippen molar-refractivity contribution in [2.45, 2.75) is 12.3 Å². The van der Waals surface area contributed by atoms with E-state index in [1.54, 1.807) is 12.1 Å². The molecule has 1 atom stereocenters. The van der Waals surface area contributed by atoms with Gasteiger partial charge in [0.2, 0.25) is 5.88 Å². The lowest BCUT2D eigenvalue weighted by molar-refractivity contribution is -0.138. The van der Waals surface area contributed by atoms with Crippen molar-refractivity contribution < 1.29 is 19.0 Å². The van der Waals surface area contributed by atoms with Crippen LogP contribution in [-0.4, -0.2) is 28.2 Å². The number of carboxylic acid groups (broad SMARTS) is 1. The van der Waals surface area contributed by atoms with E-state index in [4.69, 9.17) is 4.74 Å². The number of carboxylic acids is 1. The fourth-order valence-corrected chi connectivity index (χ4v) is 1.83. The van der Waals surface area contributed by atoms with Crippen molar-refractivity contribution in [2.24, 2.45) is 0 Å². The zero-order valence-corrected chi connectivity index (χ0v) is 10.8. The summed E-state index contributed by atoms with van der Waals surface area (Å²) in [5.74, 6) is -1.89. The van der Waals surface area contributed by atoms with Crippen molar-refractivity contribution in [3.8, 4) is 5.88 Å². The number of hydrogen-bond acceptors (Lipinski definition) is 4. The van der Waals surface area contributed by atoms with E-state index in [-0.39, 0.29) is 12.2 Å². The van der Waals surface area contributed by atoms with E-state index >= 15 is 0 Å². The average Bonchev–Trinajstić information content (AvgIpc) is 2.46. The van der Waals surface area contributed by atoms with E-state index in [1.807, 2.05) is 0 Å². The lowest BCUT2D eigenvalue weighted by Crippen LogP contribution is -2.16. The Morgan fingerprint density at radius 3 is 2.65 bits per heavy atom. The van der Waals surface area contributed by atoms with Crippen LogP contribution in [0.3, 0.4) is 0 Å². The lowest BCUT2D eigenvalue weighted by Gasteiger charge is -2.12. The van der Waals surface area contributed by atoms with Crippen molar-refractivity contribution in [3.05, 3.63) is 53.7 Å². The van der Waals surface area contributed by atoms with Gasteiger partial charge in [-0.3, -0.25) is 4.79 Å². The number of carbonyl (C=O) groups is 1. The molecule has 0 aliphatic heterocycles. The van der Waals surface area contributed by atoms with Gasteiger partial charge < -0.3 is 9.84 Å². The minimum atomic E-state index is -1.00. The summed E-state index contributed by atoms with van der Waals surface area (Å²) in [6.45, 7) is 0. The Kier molecular flexibility index (Phi) is 4.24. The Balaban J connectivity index is 2.26. The molecule has 6 heteroatoms. The first kappa shape index (κ1) is 13.9. The van der Waals surface area contributed by atoms with Crippen LogP contribution in [0.1, 0.15) is 17.2 Å². The van der Waals surface area contributed by atoms with E-state index in [9.17, 15) is 14.3 Å². The fraction of sp³-hybridized carbons (Fsp3) is 0.214. The van der Waals surface area contributed by atoms with Gasteiger partial charge in [-0.05, 0) is 24.1 Å². The molecule has 0 radical (unpaired) electrons. The third-order valence-corrected chi connectivity index (χ3v) is 2.88. The topological polar surface area (TPSA) is 72.3 Å². The van der Waals surface area contributed by atoms with Crippen molar-refractivity contribution >= 4 is 5.97 Å². The largest absolute Gasteiger partial charge is 0.481 e. The summed E-state index contributed by atoms with van der Waals surface area (Å²) >= 11 is 0. The molecule has 0 aliphatic rings. The maximum absolute atomic E-state index is 12.9. The van der Waals surface area contributed by atoms with Crippen LogP contribution < -0.4 is 4.74 Å². The van der Waals surface area contributed by atoms with Crippen LogP contribution >= 0.6 is 0 Å². The van der Waals surface area contributed by atoms with Crippen LogP contribution in [0.25, 0.3) is 0 Å². The smallest absolute Gasteiger partial charge is 0.312 e. The number of aromatic nitrogens is 2. The standard InChI is InChI=1S/C14H13FN2O3/c1-20-13-7-12(16-8-17-13)11(14(18)19)6-9-2-4-10(15)5-3-9/h2-5,7-8,11H,6H2,1H3,(H,18,19). The minimum Gasteiger partial charge on any atom is -0.481 e. The van der Waals surface area contributed by atoms with E-state index < -0.39 is 11.9 Å². The molecule has 0 saturated heterocycles. The van der Waals surface area contributed by atoms with Gasteiger partial charge in [0.25, 0.3) is 0 Å². The fourth-order valence-electron chi connectivity index (χ4n) is 1.83. The van der Waals surface area contributed by atoms with Gasteiger partial charge in [0.05, 0.1) is 12.8 Å². The number of methoxy groups -OCH3 is 1. The summed E-state index contributed by atoms with van der Waals surface area (Å²) in [6.07, 6.45) is 1.48. The molecule has 20 heavy (non-hydrogen) atoms. The molecule has 0 bridgehead atoms. The predicted molar refractivity (Wildman–Crippen MR) is 69.1 cm³/mol. The van der Waals surface area contributed by atoms with Crippen LogP contribution in [0.4, 0.5) is 4.39 Å². The van der Waals surface area contributed by atoms with E-state index in [2.05, 4.69) is 9.97 Å². The Hall–Kier alpha value is -2.50. The van der Waals surface area contributed by atoms with Crippen molar-refractivity contribution in [3.63, 3.8) is 0 Å². The SMILES string of the molecule is COc1cc(C(Cc2ccc(F)cc2)C(=O)O)ncn1. The summed E-state index contributed by atoms with van der Waals surface area (Å²) in [5, 5.41) is 9.33. The number of hydrogen-bond donors (Lipinski definition) is 1. The first-order valence-corrected chi connectivity index (χ1v) is 5.93. The van der Waals surface area contributed by atoms with Gasteiger partial charge in [0.15, 0.2) is 0 Å². The van der Waals surface area contributed by atoms with Crippen LogP contribution in [0, 0.1) is 5.82 Å². The summed E-state index contributed by atoms with van der Waals surface area (Å²) in [7, 11) is 1.45. The van der Waals surface area contributed by atoms with Gasteiger partial charge in [-0.25, -0.2) is 14.4 Å². The van der Waals surface area contributed by atoms with E-state index in [0.29, 0.717) is 11.6 Å². The highest BCUT2D eigenvalue weighted by molar-refractivity contribution is 5.76. The normalized spacial score (nSPS) is 11.9. The molecule has 1 N–H and O–H groups in total. The molecule has 0 amide bonds. The van der Waals surface area contributed by atoms with Gasteiger partial charge in [-0.1, -0.05) is 12.1 Å². The molecule has 0 aliphatic carbocycles. The van der Waals surface area contributed by atoms with Crippen molar-refractivity contribution in [1.82, 2.24) is 9.97 Å². The van der Waals surface area contributed by atoms with Crippen LogP contribution in [0.2, 0.25) is 0 Å². The van der Waals surface area contributed by atoms with Gasteiger partial charge in [-0.2, -0.15) is 0 Å². The van der Waals surface area contributed by atoms with Gasteiger partial charge in [0, 0.05) is 6.07 Å². The highest BCUT2D eigenvalue weighted by Gasteiger charge is 2.22. The van der Waals surface area contributed by atoms with Crippen LogP contribution in [0.15, 0.2) is 36.7 Å². The van der Waals surface area contributed by atoms with Crippen molar-refractivity contribution in [2.75, 3.05) is 7.11 Å². The number of nitrogens with zero attached hydrogens (tertiary/aromatic N) is 2. The predicted octanol–water partition coefficient (Wildman–Crippen LogP) is 2.04. The summed E-state index contributed by atoms with van der Waals surface area (Å²) < 4.78 is 17.8. The highest BCUT2D eigenvalue weighted by atomic mass is 19.1. The number of ether oxygens (including phenoxy) is 1. The molecular weight excluding hydrogens is 263 g/mol. The second-order valence-corrected chi connectivity index (χ2v) is 4.21. The maximum Gasteiger partial charge on any atom is 0.312 e. The molecule has 1 aromatic carbocycles. The summed E-state index contributed by atoms with van der Waals surface area (Å²) in [4.78, 5) is 19.2. The number of aliphatic carboxylic acids is 1. The quantitative estimate of drug-likeness (QED) is 0.904. The molecule has 2 rings (SSSR count). The van der Waals surface area contributed by atoms with Crippen LogP contribution in [0.5, 0.6) is 5.88 Å². The van der Waals surface area contributed by atoms with Gasteiger partial charge in [-0.15, -0.1) is 0 Å². The second-order valence-electron chi connectivity index (χ2n) is 4.21. The molecule has 1 unspecified atom stereocenters. The third-order valence-electron chi connectivity index (χ3n) is 2.88. The lowest BCUT2D eigenvalue weighted by atomic mass is 9.96. The van der Waals surface area contributed by atoms with Crippen LogP contribution in [-0.2, 0) is 11.2 Å². The molecule has 0 spiro atoms. The Bertz CT molecular complexity index is 602. The third kappa shape index (κ3) is 3.28. The molecule has 1 heterocycles. The molecule has 0 fully saturated rings. The summed E-state index contributed by atoms with van der Waals surface area (Å²) in [5.41, 5.74) is 1.07. The molecular formula is C14H13FN2O3. The zero-order chi connectivity index (χ0) is 14.5. The number of rotatable bonds is 5. The molecule has 104 valence electrons. The van der Waals surface area contributed by atoms with Gasteiger partial charge in [0.1, 0.15) is 18.1 Å². The molecule has 0 saturated carbocycles. The van der Waals surface area contributed by atoms with E-state index in [1.165, 1.54) is 31.6 Å². The number of halogens is 1. The van der Waals surface area contributed by atoms with Gasteiger partial charge >= 0.3 is 5.97 Å². The summed E-state index contributed by atoms with van der Waals surface area (Å²) in [6, 6.07) is 7.21. The Morgan fingerprint density at radius 2 is 2.05 bits per heavy atom. The maximum atomic E-state index is 12.9. The zero-order valence-electron chi connectivity index (χ0n) is 10.8. The van der Waals surface area contributed by atoms with Crippen molar-refractivity contribution in [1.29, 1.82) is 0 Å². The number of benzene rings is 1. The first-order valence-electron chi connectivity index (χ1n) is 5.93. The monoisotopic (exact) mass is 276 g/mol. The Morgan fingerprint density at radius 1 is 1.35 bits per heavy atom. The highest BCUT2D eigenvalue weighted by Crippen LogP contribution is 2.21. The first-order chi connectivity index (χ1) is 9.60. The molecule has 1 aromatic heterocycles. The van der Waals surface area contributed by atoms with E-state index in [0.717, 1.165) is 5.56 Å². The molecule has 5 nitrogen and oxygen atoms in total.